The third-order valence-electron chi connectivity index (χ3n) is 3.72. The van der Waals surface area contributed by atoms with Crippen LogP contribution in [0.15, 0.2) is 54.9 Å². The molecule has 8 heteroatoms. The molecule has 26 heavy (non-hydrogen) atoms. The number of benzene rings is 1. The van der Waals surface area contributed by atoms with Gasteiger partial charge in [0.15, 0.2) is 17.2 Å². The van der Waals surface area contributed by atoms with Gasteiger partial charge in [0.05, 0.1) is 0 Å². The Hall–Kier alpha value is -3.68. The summed E-state index contributed by atoms with van der Waals surface area (Å²) in [5.41, 5.74) is 1.84. The number of pyridine rings is 1. The van der Waals surface area contributed by atoms with Gasteiger partial charge in [-0.15, -0.1) is 10.2 Å². The minimum Gasteiger partial charge on any atom is -0.454 e. The van der Waals surface area contributed by atoms with Crippen LogP contribution in [-0.4, -0.2) is 27.9 Å². The van der Waals surface area contributed by atoms with Crippen LogP contribution in [0.1, 0.15) is 16.1 Å². The van der Waals surface area contributed by atoms with E-state index in [0.29, 0.717) is 29.5 Å². The van der Waals surface area contributed by atoms with Crippen LogP contribution in [-0.2, 0) is 6.54 Å². The number of anilines is 2. The zero-order valence-electron chi connectivity index (χ0n) is 13.7. The number of carbonyl (C=O) groups excluding carboxylic acids is 1. The van der Waals surface area contributed by atoms with Crippen LogP contribution in [0.25, 0.3) is 0 Å². The molecule has 3 heterocycles. The van der Waals surface area contributed by atoms with Crippen molar-refractivity contribution in [2.24, 2.45) is 0 Å². The summed E-state index contributed by atoms with van der Waals surface area (Å²) < 4.78 is 10.5. The molecule has 1 aromatic carbocycles. The minimum absolute atomic E-state index is 0.186. The first-order chi connectivity index (χ1) is 12.8. The van der Waals surface area contributed by atoms with E-state index in [9.17, 15) is 4.79 Å². The molecule has 0 radical (unpaired) electrons. The SMILES string of the molecule is O=C(Nc1ccc2c(c1)OCO2)c1ccc(NCc2cccnc2)nn1. The summed E-state index contributed by atoms with van der Waals surface area (Å²) in [6, 6.07) is 12.3. The van der Waals surface area contributed by atoms with Gasteiger partial charge in [-0.3, -0.25) is 9.78 Å². The molecule has 0 atom stereocenters. The van der Waals surface area contributed by atoms with Crippen LogP contribution in [0.2, 0.25) is 0 Å². The summed E-state index contributed by atoms with van der Waals surface area (Å²) in [6.07, 6.45) is 3.49. The molecule has 8 nitrogen and oxygen atoms in total. The standard InChI is InChI=1S/C18H15N5O3/c24-18(21-13-3-5-15-16(8-13)26-11-25-15)14-4-6-17(23-22-14)20-10-12-2-1-7-19-9-12/h1-9H,10-11H2,(H,20,23)(H,21,24). The van der Waals surface area contributed by atoms with E-state index < -0.39 is 0 Å². The van der Waals surface area contributed by atoms with E-state index >= 15 is 0 Å². The van der Waals surface area contributed by atoms with Gasteiger partial charge in [0.25, 0.3) is 5.91 Å². The van der Waals surface area contributed by atoms with Gasteiger partial charge in [-0.25, -0.2) is 0 Å². The Labute approximate surface area is 149 Å². The molecule has 0 saturated heterocycles. The molecule has 0 fully saturated rings. The molecule has 2 aromatic heterocycles. The Morgan fingerprint density at radius 1 is 1.08 bits per heavy atom. The van der Waals surface area contributed by atoms with Gasteiger partial charge in [0, 0.05) is 30.7 Å². The first kappa shape index (κ1) is 15.8. The molecule has 0 spiro atoms. The number of nitrogens with zero attached hydrogens (tertiary/aromatic N) is 3. The quantitative estimate of drug-likeness (QED) is 0.730. The summed E-state index contributed by atoms with van der Waals surface area (Å²) in [5, 5.41) is 13.9. The molecular formula is C18H15N5O3. The average molecular weight is 349 g/mol. The van der Waals surface area contributed by atoms with Crippen LogP contribution in [0.3, 0.4) is 0 Å². The number of aromatic nitrogens is 3. The van der Waals surface area contributed by atoms with Gasteiger partial charge in [-0.05, 0) is 35.9 Å². The fourth-order valence-corrected chi connectivity index (χ4v) is 2.41. The van der Waals surface area contributed by atoms with E-state index in [0.717, 1.165) is 5.56 Å². The molecule has 1 aliphatic heterocycles. The number of carbonyl (C=O) groups is 1. The number of amides is 1. The fraction of sp³-hybridized carbons (Fsp3) is 0.111. The van der Waals surface area contributed by atoms with Crippen molar-refractivity contribution in [3.63, 3.8) is 0 Å². The Bertz CT molecular complexity index is 916. The van der Waals surface area contributed by atoms with Gasteiger partial charge in [-0.2, -0.15) is 0 Å². The number of fused-ring (bicyclic) bond motifs is 1. The largest absolute Gasteiger partial charge is 0.454 e. The second-order valence-corrected chi connectivity index (χ2v) is 5.54. The van der Waals surface area contributed by atoms with Crippen molar-refractivity contribution in [2.45, 2.75) is 6.54 Å². The van der Waals surface area contributed by atoms with Gasteiger partial charge < -0.3 is 20.1 Å². The number of hydrogen-bond donors (Lipinski definition) is 2. The maximum Gasteiger partial charge on any atom is 0.276 e. The van der Waals surface area contributed by atoms with E-state index in [2.05, 4.69) is 25.8 Å². The third-order valence-corrected chi connectivity index (χ3v) is 3.72. The lowest BCUT2D eigenvalue weighted by Crippen LogP contribution is -2.14. The van der Waals surface area contributed by atoms with Crippen LogP contribution >= 0.6 is 0 Å². The van der Waals surface area contributed by atoms with Crippen LogP contribution in [0, 0.1) is 0 Å². The predicted molar refractivity (Wildman–Crippen MR) is 94.1 cm³/mol. The maximum absolute atomic E-state index is 12.3. The van der Waals surface area contributed by atoms with Crippen molar-refractivity contribution in [3.8, 4) is 11.5 Å². The highest BCUT2D eigenvalue weighted by atomic mass is 16.7. The molecule has 0 saturated carbocycles. The Morgan fingerprint density at radius 2 is 2.00 bits per heavy atom. The van der Waals surface area contributed by atoms with Crippen molar-refractivity contribution in [1.82, 2.24) is 15.2 Å². The first-order valence-corrected chi connectivity index (χ1v) is 7.95. The number of nitrogens with one attached hydrogen (secondary N) is 2. The summed E-state index contributed by atoms with van der Waals surface area (Å²) >= 11 is 0. The normalized spacial score (nSPS) is 11.8. The summed E-state index contributed by atoms with van der Waals surface area (Å²) in [4.78, 5) is 16.3. The third kappa shape index (κ3) is 3.54. The van der Waals surface area contributed by atoms with Gasteiger partial charge in [0.2, 0.25) is 6.79 Å². The van der Waals surface area contributed by atoms with Crippen molar-refractivity contribution >= 4 is 17.4 Å². The van der Waals surface area contributed by atoms with E-state index in [1.165, 1.54) is 0 Å². The topological polar surface area (TPSA) is 98.3 Å². The van der Waals surface area contributed by atoms with E-state index in [-0.39, 0.29) is 18.4 Å². The van der Waals surface area contributed by atoms with E-state index in [1.54, 1.807) is 42.7 Å². The molecule has 3 aromatic rings. The monoisotopic (exact) mass is 349 g/mol. The second kappa shape index (κ2) is 7.06. The predicted octanol–water partition coefficient (Wildman–Crippen LogP) is 2.46. The van der Waals surface area contributed by atoms with Crippen molar-refractivity contribution in [3.05, 3.63) is 66.1 Å². The molecular weight excluding hydrogens is 334 g/mol. The molecule has 4 rings (SSSR count). The van der Waals surface area contributed by atoms with E-state index in [1.807, 2.05) is 12.1 Å². The van der Waals surface area contributed by atoms with Gasteiger partial charge in [0.1, 0.15) is 5.82 Å². The summed E-state index contributed by atoms with van der Waals surface area (Å²) in [5.74, 6) is 1.49. The highest BCUT2D eigenvalue weighted by molar-refractivity contribution is 6.02. The molecule has 1 amide bonds. The molecule has 0 unspecified atom stereocenters. The highest BCUT2D eigenvalue weighted by Crippen LogP contribution is 2.34. The molecule has 2 N–H and O–H groups in total. The number of ether oxygens (including phenoxy) is 2. The first-order valence-electron chi connectivity index (χ1n) is 7.95. The zero-order valence-corrected chi connectivity index (χ0v) is 13.7. The summed E-state index contributed by atoms with van der Waals surface area (Å²) in [6.45, 7) is 0.761. The number of rotatable bonds is 5. The lowest BCUT2D eigenvalue weighted by Gasteiger charge is -2.07. The Balaban J connectivity index is 1.37. The highest BCUT2D eigenvalue weighted by Gasteiger charge is 2.15. The number of hydrogen-bond acceptors (Lipinski definition) is 7. The molecule has 0 bridgehead atoms. The molecule has 0 aliphatic carbocycles. The maximum atomic E-state index is 12.3. The lowest BCUT2D eigenvalue weighted by atomic mass is 10.2. The zero-order chi connectivity index (χ0) is 17.8. The Kier molecular flexibility index (Phi) is 4.29. The molecule has 130 valence electrons. The smallest absolute Gasteiger partial charge is 0.276 e. The second-order valence-electron chi connectivity index (χ2n) is 5.54. The van der Waals surface area contributed by atoms with Crippen LogP contribution in [0.4, 0.5) is 11.5 Å². The van der Waals surface area contributed by atoms with Crippen molar-refractivity contribution in [1.29, 1.82) is 0 Å². The van der Waals surface area contributed by atoms with Crippen molar-refractivity contribution < 1.29 is 14.3 Å². The minimum atomic E-state index is -0.352. The average Bonchev–Trinajstić information content (AvgIpc) is 3.15. The lowest BCUT2D eigenvalue weighted by molar-refractivity contribution is 0.102. The van der Waals surface area contributed by atoms with Crippen LogP contribution in [0.5, 0.6) is 11.5 Å². The van der Waals surface area contributed by atoms with E-state index in [4.69, 9.17) is 9.47 Å². The Morgan fingerprint density at radius 3 is 2.81 bits per heavy atom. The van der Waals surface area contributed by atoms with Gasteiger partial charge >= 0.3 is 0 Å². The van der Waals surface area contributed by atoms with Crippen molar-refractivity contribution in [2.75, 3.05) is 17.4 Å². The van der Waals surface area contributed by atoms with Gasteiger partial charge in [-0.1, -0.05) is 6.07 Å². The molecule has 1 aliphatic rings. The summed E-state index contributed by atoms with van der Waals surface area (Å²) in [7, 11) is 0. The fourth-order valence-electron chi connectivity index (χ4n) is 2.41. The van der Waals surface area contributed by atoms with Crippen LogP contribution < -0.4 is 20.1 Å².